The molecule has 1 heterocycles. The molecular formula is C27H25FN2O4. The summed E-state index contributed by atoms with van der Waals surface area (Å²) in [6.07, 6.45) is 1.60. The van der Waals surface area contributed by atoms with Crippen molar-refractivity contribution < 1.29 is 23.5 Å². The molecule has 1 N–H and O–H groups in total. The lowest BCUT2D eigenvalue weighted by molar-refractivity contribution is -0.123. The van der Waals surface area contributed by atoms with Crippen LogP contribution in [0.25, 0.3) is 6.08 Å². The lowest BCUT2D eigenvalue weighted by atomic mass is 10.1. The lowest BCUT2D eigenvalue weighted by Gasteiger charge is -2.13. The summed E-state index contributed by atoms with van der Waals surface area (Å²) in [6, 6.07) is 18.8. The summed E-state index contributed by atoms with van der Waals surface area (Å²) < 4.78 is 25.4. The number of benzene rings is 3. The fraction of sp³-hybridized carbons (Fsp3) is 0.185. The van der Waals surface area contributed by atoms with E-state index in [2.05, 4.69) is 5.32 Å². The van der Waals surface area contributed by atoms with Gasteiger partial charge < -0.3 is 14.8 Å². The first-order valence-electron chi connectivity index (χ1n) is 11.0. The maximum atomic E-state index is 13.9. The second-order valence-corrected chi connectivity index (χ2v) is 7.88. The van der Waals surface area contributed by atoms with E-state index in [0.717, 1.165) is 11.1 Å². The molecule has 0 aliphatic carbocycles. The van der Waals surface area contributed by atoms with Crippen LogP contribution in [-0.2, 0) is 17.9 Å². The molecule has 0 radical (unpaired) electrons. The maximum Gasteiger partial charge on any atom is 0.329 e. The fourth-order valence-electron chi connectivity index (χ4n) is 3.53. The van der Waals surface area contributed by atoms with E-state index >= 15 is 0 Å². The van der Waals surface area contributed by atoms with Crippen molar-refractivity contribution in [3.63, 3.8) is 0 Å². The molecule has 3 aromatic rings. The van der Waals surface area contributed by atoms with E-state index in [0.29, 0.717) is 29.2 Å². The van der Waals surface area contributed by atoms with Crippen LogP contribution in [0, 0.1) is 12.7 Å². The molecule has 3 amide bonds. The summed E-state index contributed by atoms with van der Waals surface area (Å²) in [5.41, 5.74) is 3.24. The van der Waals surface area contributed by atoms with E-state index in [1.807, 2.05) is 38.1 Å². The number of amides is 3. The summed E-state index contributed by atoms with van der Waals surface area (Å²) in [6.45, 7) is 4.46. The van der Waals surface area contributed by atoms with E-state index < -0.39 is 11.9 Å². The molecule has 0 atom stereocenters. The van der Waals surface area contributed by atoms with Crippen molar-refractivity contribution in [2.75, 3.05) is 6.61 Å². The maximum absolute atomic E-state index is 13.9. The van der Waals surface area contributed by atoms with Gasteiger partial charge in [-0.3, -0.25) is 9.69 Å². The van der Waals surface area contributed by atoms with E-state index in [9.17, 15) is 14.0 Å². The van der Waals surface area contributed by atoms with Gasteiger partial charge in [0.25, 0.3) is 5.91 Å². The largest absolute Gasteiger partial charge is 0.490 e. The predicted octanol–water partition coefficient (Wildman–Crippen LogP) is 5.20. The van der Waals surface area contributed by atoms with Crippen LogP contribution in [0.5, 0.6) is 11.5 Å². The number of carbonyl (C=O) groups excluding carboxylic acids is 2. The fourth-order valence-corrected chi connectivity index (χ4v) is 3.53. The Bertz CT molecular complexity index is 1240. The first-order valence-corrected chi connectivity index (χ1v) is 11.0. The smallest absolute Gasteiger partial charge is 0.329 e. The number of hydrogen-bond donors (Lipinski definition) is 1. The van der Waals surface area contributed by atoms with Gasteiger partial charge >= 0.3 is 6.03 Å². The number of aryl methyl sites for hydroxylation is 1. The Kier molecular flexibility index (Phi) is 6.92. The van der Waals surface area contributed by atoms with Crippen molar-refractivity contribution in [1.29, 1.82) is 0 Å². The van der Waals surface area contributed by atoms with Gasteiger partial charge in [0.2, 0.25) is 0 Å². The molecule has 3 aromatic carbocycles. The number of ether oxygens (including phenoxy) is 2. The van der Waals surface area contributed by atoms with Gasteiger partial charge in [-0.15, -0.1) is 0 Å². The SMILES string of the molecule is CCOc1cc(/C=C2/NC(=O)N(Cc3ccc(C)cc3)C2=O)ccc1OCc1ccccc1F. The first kappa shape index (κ1) is 23.0. The second kappa shape index (κ2) is 10.2. The summed E-state index contributed by atoms with van der Waals surface area (Å²) >= 11 is 0. The van der Waals surface area contributed by atoms with Gasteiger partial charge in [0.05, 0.1) is 13.2 Å². The number of urea groups is 1. The zero-order valence-electron chi connectivity index (χ0n) is 19.0. The average molecular weight is 461 g/mol. The molecule has 174 valence electrons. The molecule has 1 fully saturated rings. The molecule has 4 rings (SSSR count). The van der Waals surface area contributed by atoms with E-state index in [1.165, 1.54) is 11.0 Å². The normalized spacial score (nSPS) is 14.4. The Balaban J connectivity index is 1.51. The minimum atomic E-state index is -0.466. The minimum Gasteiger partial charge on any atom is -0.490 e. The van der Waals surface area contributed by atoms with E-state index in [4.69, 9.17) is 9.47 Å². The standard InChI is InChI=1S/C27H25FN2O4/c1-3-33-25-15-20(12-13-24(25)34-17-21-6-4-5-7-22(21)28)14-23-26(31)30(27(32)29-23)16-19-10-8-18(2)9-11-19/h4-15H,3,16-17H2,1-2H3,(H,29,32)/b23-14+. The number of nitrogens with zero attached hydrogens (tertiary/aromatic N) is 1. The number of imide groups is 1. The van der Waals surface area contributed by atoms with Crippen LogP contribution in [0.1, 0.15) is 29.2 Å². The van der Waals surface area contributed by atoms with Gasteiger partial charge in [0.15, 0.2) is 11.5 Å². The zero-order valence-corrected chi connectivity index (χ0v) is 19.0. The quantitative estimate of drug-likeness (QED) is 0.370. The third-order valence-electron chi connectivity index (χ3n) is 5.34. The van der Waals surface area contributed by atoms with Crippen LogP contribution >= 0.6 is 0 Å². The number of hydrogen-bond acceptors (Lipinski definition) is 4. The van der Waals surface area contributed by atoms with Crippen LogP contribution < -0.4 is 14.8 Å². The van der Waals surface area contributed by atoms with Crippen molar-refractivity contribution in [2.24, 2.45) is 0 Å². The Morgan fingerprint density at radius 2 is 1.74 bits per heavy atom. The highest BCUT2D eigenvalue weighted by molar-refractivity contribution is 6.13. The van der Waals surface area contributed by atoms with Gasteiger partial charge in [0.1, 0.15) is 18.1 Å². The minimum absolute atomic E-state index is 0.0513. The van der Waals surface area contributed by atoms with Gasteiger partial charge in [-0.2, -0.15) is 0 Å². The summed E-state index contributed by atoms with van der Waals surface area (Å²) in [4.78, 5) is 26.4. The predicted molar refractivity (Wildman–Crippen MR) is 127 cm³/mol. The average Bonchev–Trinajstić information content (AvgIpc) is 3.08. The Morgan fingerprint density at radius 1 is 0.971 bits per heavy atom. The Morgan fingerprint density at radius 3 is 2.47 bits per heavy atom. The third-order valence-corrected chi connectivity index (χ3v) is 5.34. The van der Waals surface area contributed by atoms with Crippen LogP contribution in [0.2, 0.25) is 0 Å². The summed E-state index contributed by atoms with van der Waals surface area (Å²) in [5, 5.41) is 2.64. The van der Waals surface area contributed by atoms with Crippen LogP contribution in [0.3, 0.4) is 0 Å². The van der Waals surface area contributed by atoms with Gasteiger partial charge in [0, 0.05) is 5.56 Å². The molecular weight excluding hydrogens is 435 g/mol. The molecule has 7 heteroatoms. The highest BCUT2D eigenvalue weighted by Crippen LogP contribution is 2.31. The highest BCUT2D eigenvalue weighted by atomic mass is 19.1. The first-order chi connectivity index (χ1) is 16.4. The Labute approximate surface area is 197 Å². The van der Waals surface area contributed by atoms with Crippen LogP contribution in [0.4, 0.5) is 9.18 Å². The molecule has 0 aromatic heterocycles. The third kappa shape index (κ3) is 5.26. The molecule has 6 nitrogen and oxygen atoms in total. The van der Waals surface area contributed by atoms with E-state index in [1.54, 1.807) is 42.5 Å². The second-order valence-electron chi connectivity index (χ2n) is 7.88. The molecule has 0 unspecified atom stereocenters. The molecule has 1 saturated heterocycles. The summed E-state index contributed by atoms with van der Waals surface area (Å²) in [7, 11) is 0. The summed E-state index contributed by atoms with van der Waals surface area (Å²) in [5.74, 6) is 0.174. The van der Waals surface area contributed by atoms with Crippen LogP contribution in [0.15, 0.2) is 72.4 Å². The molecule has 1 aliphatic heterocycles. The van der Waals surface area contributed by atoms with Gasteiger partial charge in [-0.05, 0) is 49.2 Å². The number of nitrogens with one attached hydrogen (secondary N) is 1. The number of halogens is 1. The molecule has 0 bridgehead atoms. The monoisotopic (exact) mass is 460 g/mol. The highest BCUT2D eigenvalue weighted by Gasteiger charge is 2.33. The lowest BCUT2D eigenvalue weighted by Crippen LogP contribution is -2.30. The van der Waals surface area contributed by atoms with E-state index in [-0.39, 0.29) is 24.7 Å². The van der Waals surface area contributed by atoms with Crippen molar-refractivity contribution in [3.05, 3.63) is 100 Å². The topological polar surface area (TPSA) is 67.9 Å². The Hall–Kier alpha value is -4.13. The zero-order chi connectivity index (χ0) is 24.1. The van der Waals surface area contributed by atoms with Crippen LogP contribution in [-0.4, -0.2) is 23.4 Å². The van der Waals surface area contributed by atoms with Gasteiger partial charge in [-0.25, -0.2) is 9.18 Å². The number of rotatable bonds is 8. The van der Waals surface area contributed by atoms with Gasteiger partial charge in [-0.1, -0.05) is 54.1 Å². The molecule has 1 aliphatic rings. The number of carbonyl (C=O) groups is 2. The van der Waals surface area contributed by atoms with Crippen molar-refractivity contribution >= 4 is 18.0 Å². The van der Waals surface area contributed by atoms with Crippen molar-refractivity contribution in [2.45, 2.75) is 27.0 Å². The van der Waals surface area contributed by atoms with Crippen molar-refractivity contribution in [1.82, 2.24) is 10.2 Å². The van der Waals surface area contributed by atoms with Crippen molar-refractivity contribution in [3.8, 4) is 11.5 Å². The molecule has 34 heavy (non-hydrogen) atoms. The molecule has 0 spiro atoms. The molecule has 0 saturated carbocycles.